The van der Waals surface area contributed by atoms with E-state index >= 15 is 0 Å². The number of allylic oxidation sites excluding steroid dienone is 1. The molecule has 0 aliphatic carbocycles. The summed E-state index contributed by atoms with van der Waals surface area (Å²) in [6.07, 6.45) is 0.649. The van der Waals surface area contributed by atoms with Gasteiger partial charge in [-0.15, -0.1) is 0 Å². The molecule has 0 aromatic carbocycles. The number of carbonyl (C=O) groups is 1. The minimum Gasteiger partial charge on any atom is -0.587 e. The third-order valence-corrected chi connectivity index (χ3v) is 1.38. The van der Waals surface area contributed by atoms with E-state index in [4.69, 9.17) is 9.47 Å². The third-order valence-electron chi connectivity index (χ3n) is 1.38. The van der Waals surface area contributed by atoms with Crippen molar-refractivity contribution in [2.75, 3.05) is 0 Å². The Kier molecular flexibility index (Phi) is 5.48. The second-order valence-electron chi connectivity index (χ2n) is 3.42. The van der Waals surface area contributed by atoms with E-state index in [0.29, 0.717) is 5.57 Å². The van der Waals surface area contributed by atoms with Gasteiger partial charge < -0.3 is 20.3 Å². The largest absolute Gasteiger partial charge is 0.587 e. The molecule has 0 spiro atoms. The maximum absolute atomic E-state index is 11.2. The van der Waals surface area contributed by atoms with Crippen molar-refractivity contribution in [1.82, 2.24) is 0 Å². The minimum absolute atomic E-state index is 0.222. The molecule has 0 aliphatic rings. The Morgan fingerprint density at radius 1 is 1.40 bits per heavy atom. The van der Waals surface area contributed by atoms with E-state index in [1.54, 1.807) is 20.8 Å². The van der Waals surface area contributed by atoms with Gasteiger partial charge in [-0.25, -0.2) is 4.79 Å². The highest BCUT2D eigenvalue weighted by Gasteiger charge is 2.08. The van der Waals surface area contributed by atoms with Crippen LogP contribution in [0.5, 0.6) is 0 Å². The number of rotatable bonds is 4. The number of esters is 1. The van der Waals surface area contributed by atoms with Crippen molar-refractivity contribution in [1.29, 1.82) is 0 Å². The zero-order valence-corrected chi connectivity index (χ0v) is 9.49. The van der Waals surface area contributed by atoms with Crippen molar-refractivity contribution in [3.63, 3.8) is 0 Å². The van der Waals surface area contributed by atoms with Gasteiger partial charge in [-0.3, -0.25) is 0 Å². The molecule has 15 heavy (non-hydrogen) atoms. The van der Waals surface area contributed by atoms with E-state index in [9.17, 15) is 9.90 Å². The summed E-state index contributed by atoms with van der Waals surface area (Å²) in [6, 6.07) is 0. The molecule has 0 bridgehead atoms. The van der Waals surface area contributed by atoms with Crippen molar-refractivity contribution >= 4 is 5.97 Å². The summed E-state index contributed by atoms with van der Waals surface area (Å²) in [7, 11) is 0. The lowest BCUT2D eigenvalue weighted by molar-refractivity contribution is -0.473. The van der Waals surface area contributed by atoms with Crippen LogP contribution in [0.4, 0.5) is 0 Å². The molecule has 5 heteroatoms. The molecule has 0 saturated heterocycles. The van der Waals surface area contributed by atoms with Crippen LogP contribution >= 0.6 is 0 Å². The average molecular weight is 215 g/mol. The summed E-state index contributed by atoms with van der Waals surface area (Å²) < 4.78 is 9.50. The predicted molar refractivity (Wildman–Crippen MR) is 51.7 cm³/mol. The summed E-state index contributed by atoms with van der Waals surface area (Å²) in [5, 5.41) is 11.0. The van der Waals surface area contributed by atoms with Crippen LogP contribution in [0.25, 0.3) is 0 Å². The highest BCUT2D eigenvalue weighted by atomic mass is 16.6. The van der Waals surface area contributed by atoms with Gasteiger partial charge in [0.15, 0.2) is 0 Å². The van der Waals surface area contributed by atoms with Crippen LogP contribution in [0.15, 0.2) is 23.4 Å². The van der Waals surface area contributed by atoms with Gasteiger partial charge in [0, 0.05) is 12.5 Å². The summed E-state index contributed by atoms with van der Waals surface area (Å²) in [6.45, 7) is 6.40. The Balaban J connectivity index is 4.33. The molecule has 0 aliphatic heterocycles. The first-order valence-corrected chi connectivity index (χ1v) is 4.56. The first kappa shape index (κ1) is 13.5. The van der Waals surface area contributed by atoms with E-state index in [-0.39, 0.29) is 5.57 Å². The quantitative estimate of drug-likeness (QED) is 0.300. The second kappa shape index (κ2) is 6.08. The standard InChI is InChI=1S/C10H17NO4/c1-6(2)9(12)14-5-7(3)10(13)15-8(4)11/h5,8,12H,11H2,1-4H3/b7-5+. The highest BCUT2D eigenvalue weighted by Crippen LogP contribution is 2.03. The molecule has 86 valence electrons. The molecule has 1 atom stereocenters. The van der Waals surface area contributed by atoms with Crippen molar-refractivity contribution in [3.8, 4) is 0 Å². The van der Waals surface area contributed by atoms with Crippen LogP contribution in [0.3, 0.4) is 0 Å². The van der Waals surface area contributed by atoms with Gasteiger partial charge in [0.2, 0.25) is 6.23 Å². The Morgan fingerprint density at radius 3 is 2.33 bits per heavy atom. The maximum atomic E-state index is 11.2. The number of hydrogen-bond acceptors (Lipinski definition) is 4. The number of ether oxygens (including phenoxy) is 2. The first-order chi connectivity index (χ1) is 6.84. The Labute approximate surface area is 89.2 Å². The minimum atomic E-state index is -0.543. The van der Waals surface area contributed by atoms with E-state index in [1.165, 1.54) is 6.92 Å². The molecule has 5 nitrogen and oxygen atoms in total. The molecule has 3 N–H and O–H groups in total. The van der Waals surface area contributed by atoms with Crippen molar-refractivity contribution < 1.29 is 25.1 Å². The highest BCUT2D eigenvalue weighted by molar-refractivity contribution is 5.87. The Bertz CT molecular complexity index is 288. The van der Waals surface area contributed by atoms with Crippen LogP contribution in [0, 0.1) is 0 Å². The number of quaternary nitrogens is 1. The molecule has 0 aromatic heterocycles. The molecule has 0 fully saturated rings. The van der Waals surface area contributed by atoms with Crippen LogP contribution in [0.1, 0.15) is 27.7 Å². The molecule has 0 aromatic rings. The lowest BCUT2D eigenvalue weighted by Crippen LogP contribution is -2.61. The molecule has 0 amide bonds. The van der Waals surface area contributed by atoms with Gasteiger partial charge in [0.1, 0.15) is 0 Å². The number of carbonyl (C=O) groups excluding carboxylic acids is 1. The zero-order valence-electron chi connectivity index (χ0n) is 9.49. The van der Waals surface area contributed by atoms with Crippen molar-refractivity contribution in [2.24, 2.45) is 0 Å². The van der Waals surface area contributed by atoms with E-state index in [0.717, 1.165) is 6.26 Å². The molecule has 0 saturated carbocycles. The molecule has 1 unspecified atom stereocenters. The van der Waals surface area contributed by atoms with E-state index < -0.39 is 18.1 Å². The first-order valence-electron chi connectivity index (χ1n) is 4.56. The van der Waals surface area contributed by atoms with Crippen molar-refractivity contribution in [2.45, 2.75) is 33.9 Å². The fourth-order valence-electron chi connectivity index (χ4n) is 0.584. The van der Waals surface area contributed by atoms with Crippen LogP contribution in [-0.2, 0) is 14.3 Å². The predicted octanol–water partition coefficient (Wildman–Crippen LogP) is -0.350. The SMILES string of the molecule is CC(C)=C([O-])O/C=C(\C)C(=O)OC(C)[NH3+]. The summed E-state index contributed by atoms with van der Waals surface area (Å²) in [5.41, 5.74) is 4.24. The topological polar surface area (TPSA) is 86.2 Å². The molecule has 0 heterocycles. The van der Waals surface area contributed by atoms with Gasteiger partial charge in [-0.05, 0) is 27.0 Å². The van der Waals surface area contributed by atoms with Crippen molar-refractivity contribution in [3.05, 3.63) is 23.4 Å². The third kappa shape index (κ3) is 5.74. The lowest BCUT2D eigenvalue weighted by atomic mass is 10.3. The normalized spacial score (nSPS) is 13.0. The van der Waals surface area contributed by atoms with Gasteiger partial charge in [0.25, 0.3) is 0 Å². The molecular weight excluding hydrogens is 198 g/mol. The monoisotopic (exact) mass is 215 g/mol. The van der Waals surface area contributed by atoms with Crippen LogP contribution < -0.4 is 10.8 Å². The smallest absolute Gasteiger partial charge is 0.338 e. The van der Waals surface area contributed by atoms with Crippen LogP contribution in [-0.4, -0.2) is 12.2 Å². The molecule has 0 radical (unpaired) electrons. The second-order valence-corrected chi connectivity index (χ2v) is 3.42. The molecule has 0 rings (SSSR count). The summed E-state index contributed by atoms with van der Waals surface area (Å²) in [4.78, 5) is 11.2. The van der Waals surface area contributed by atoms with Gasteiger partial charge in [-0.1, -0.05) is 5.57 Å². The lowest BCUT2D eigenvalue weighted by Gasteiger charge is -2.13. The van der Waals surface area contributed by atoms with E-state index in [2.05, 4.69) is 5.73 Å². The van der Waals surface area contributed by atoms with Gasteiger partial charge >= 0.3 is 5.97 Å². The van der Waals surface area contributed by atoms with Gasteiger partial charge in [0.05, 0.1) is 5.95 Å². The van der Waals surface area contributed by atoms with Gasteiger partial charge in [-0.2, -0.15) is 0 Å². The Morgan fingerprint density at radius 2 is 1.93 bits per heavy atom. The fraction of sp³-hybridized carbons (Fsp3) is 0.500. The average Bonchev–Trinajstić information content (AvgIpc) is 2.12. The van der Waals surface area contributed by atoms with Crippen LogP contribution in [0.2, 0.25) is 0 Å². The summed E-state index contributed by atoms with van der Waals surface area (Å²) >= 11 is 0. The fourth-order valence-corrected chi connectivity index (χ4v) is 0.584. The Hall–Kier alpha value is -1.49. The van der Waals surface area contributed by atoms with E-state index in [1.807, 2.05) is 0 Å². The maximum Gasteiger partial charge on any atom is 0.338 e. The zero-order chi connectivity index (χ0) is 12.0. The molecular formula is C10H17NO4. The summed E-state index contributed by atoms with van der Waals surface area (Å²) in [5.74, 6) is -1.01. The number of hydrogen-bond donors (Lipinski definition) is 1.